The molecular weight excluding hydrogens is 379 g/mol. The summed E-state index contributed by atoms with van der Waals surface area (Å²) in [6.45, 7) is 1.08. The lowest BCUT2D eigenvalue weighted by Crippen LogP contribution is -2.33. The predicted octanol–water partition coefficient (Wildman–Crippen LogP) is 3.66. The van der Waals surface area contributed by atoms with Crippen molar-refractivity contribution in [1.29, 1.82) is 0 Å². The van der Waals surface area contributed by atoms with Crippen LogP contribution in [0.4, 0.5) is 10.1 Å². The second-order valence-corrected chi connectivity index (χ2v) is 7.15. The minimum atomic E-state index is -0.391. The van der Waals surface area contributed by atoms with Gasteiger partial charge in [-0.1, -0.05) is 24.3 Å². The highest BCUT2D eigenvalue weighted by Crippen LogP contribution is 2.42. The number of pyridine rings is 1. The Kier molecular flexibility index (Phi) is 4.59. The maximum atomic E-state index is 13.6. The number of rotatable bonds is 3. The fourth-order valence-electron chi connectivity index (χ4n) is 4.03. The van der Waals surface area contributed by atoms with Crippen LogP contribution in [-0.2, 0) is 4.79 Å². The lowest BCUT2D eigenvalue weighted by molar-refractivity contribution is -0.115. The number of nitrogens with zero attached hydrogens (tertiary/aromatic N) is 3. The molecule has 148 valence electrons. The van der Waals surface area contributed by atoms with Gasteiger partial charge in [-0.05, 0) is 48.0 Å². The number of benzene rings is 2. The molecule has 1 amide bonds. The van der Waals surface area contributed by atoms with Gasteiger partial charge in [0.2, 0.25) is 0 Å². The molecule has 0 saturated carbocycles. The average Bonchev–Trinajstić information content (AvgIpc) is 2.93. The van der Waals surface area contributed by atoms with Gasteiger partial charge in [0.15, 0.2) is 0 Å². The molecular formula is C24H19FN4O. The number of amides is 1. The SMILES string of the molecule is O=C1C2=C(C(c3ccc(F)cc3)=NCCN2)C(c2cccnc2)N1c1ccccc1. The van der Waals surface area contributed by atoms with Crippen molar-refractivity contribution >= 4 is 17.3 Å². The summed E-state index contributed by atoms with van der Waals surface area (Å²) in [6, 6.07) is 19.3. The highest BCUT2D eigenvalue weighted by molar-refractivity contribution is 6.23. The van der Waals surface area contributed by atoms with Crippen molar-refractivity contribution in [2.75, 3.05) is 18.0 Å². The zero-order valence-corrected chi connectivity index (χ0v) is 16.1. The van der Waals surface area contributed by atoms with Gasteiger partial charge >= 0.3 is 0 Å². The molecule has 0 spiro atoms. The minimum absolute atomic E-state index is 0.109. The average molecular weight is 398 g/mol. The molecule has 30 heavy (non-hydrogen) atoms. The fraction of sp³-hybridized carbons (Fsp3) is 0.125. The number of nitrogens with one attached hydrogen (secondary N) is 1. The van der Waals surface area contributed by atoms with Crippen LogP contribution in [0.5, 0.6) is 0 Å². The number of hydrogen-bond acceptors (Lipinski definition) is 4. The first-order valence-corrected chi connectivity index (χ1v) is 9.81. The van der Waals surface area contributed by atoms with Gasteiger partial charge < -0.3 is 5.32 Å². The van der Waals surface area contributed by atoms with E-state index < -0.39 is 6.04 Å². The molecule has 5 rings (SSSR count). The monoisotopic (exact) mass is 398 g/mol. The van der Waals surface area contributed by atoms with Gasteiger partial charge in [-0.3, -0.25) is 19.7 Å². The third kappa shape index (κ3) is 3.06. The number of aromatic nitrogens is 1. The van der Waals surface area contributed by atoms with Gasteiger partial charge in [-0.25, -0.2) is 4.39 Å². The molecule has 0 saturated heterocycles. The zero-order chi connectivity index (χ0) is 20.5. The first-order chi connectivity index (χ1) is 14.7. The van der Waals surface area contributed by atoms with Gasteiger partial charge in [0.25, 0.3) is 5.91 Å². The second kappa shape index (κ2) is 7.55. The summed E-state index contributed by atoms with van der Waals surface area (Å²) in [6.07, 6.45) is 3.49. The Labute approximate surface area is 173 Å². The van der Waals surface area contributed by atoms with E-state index in [0.717, 1.165) is 22.4 Å². The van der Waals surface area contributed by atoms with Crippen LogP contribution < -0.4 is 10.2 Å². The number of anilines is 1. The van der Waals surface area contributed by atoms with Gasteiger partial charge in [-0.2, -0.15) is 0 Å². The largest absolute Gasteiger partial charge is 0.378 e. The Morgan fingerprint density at radius 3 is 2.53 bits per heavy atom. The number of aliphatic imine (C=N–C) groups is 1. The van der Waals surface area contributed by atoms with E-state index in [1.807, 2.05) is 42.5 Å². The van der Waals surface area contributed by atoms with Gasteiger partial charge in [-0.15, -0.1) is 0 Å². The normalized spacial score (nSPS) is 18.6. The quantitative estimate of drug-likeness (QED) is 0.733. The summed E-state index contributed by atoms with van der Waals surface area (Å²) in [5.41, 5.74) is 4.50. The maximum Gasteiger partial charge on any atom is 0.275 e. The molecule has 1 atom stereocenters. The fourth-order valence-corrected chi connectivity index (χ4v) is 4.03. The summed E-state index contributed by atoms with van der Waals surface area (Å²) in [5.74, 6) is -0.417. The van der Waals surface area contributed by atoms with E-state index in [1.165, 1.54) is 12.1 Å². The Hall–Kier alpha value is -3.80. The van der Waals surface area contributed by atoms with Crippen molar-refractivity contribution in [3.8, 4) is 0 Å². The summed E-state index contributed by atoms with van der Waals surface area (Å²) in [7, 11) is 0. The number of hydrogen-bond donors (Lipinski definition) is 1. The van der Waals surface area contributed by atoms with E-state index in [9.17, 15) is 9.18 Å². The molecule has 0 fully saturated rings. The van der Waals surface area contributed by atoms with Crippen LogP contribution in [0, 0.1) is 5.82 Å². The highest BCUT2D eigenvalue weighted by atomic mass is 19.1. The maximum absolute atomic E-state index is 13.6. The molecule has 0 bridgehead atoms. The third-order valence-corrected chi connectivity index (χ3v) is 5.32. The molecule has 2 aliphatic heterocycles. The molecule has 1 aromatic heterocycles. The highest BCUT2D eigenvalue weighted by Gasteiger charge is 2.44. The smallest absolute Gasteiger partial charge is 0.275 e. The number of halogens is 1. The Bertz CT molecular complexity index is 1140. The van der Waals surface area contributed by atoms with Crippen LogP contribution in [-0.4, -0.2) is 29.7 Å². The van der Waals surface area contributed by atoms with E-state index in [4.69, 9.17) is 4.99 Å². The van der Waals surface area contributed by atoms with Crippen LogP contribution >= 0.6 is 0 Å². The van der Waals surface area contributed by atoms with Crippen molar-refractivity contribution in [2.24, 2.45) is 4.99 Å². The van der Waals surface area contributed by atoms with Crippen molar-refractivity contribution in [1.82, 2.24) is 10.3 Å². The molecule has 0 radical (unpaired) electrons. The van der Waals surface area contributed by atoms with Gasteiger partial charge in [0, 0.05) is 35.8 Å². The van der Waals surface area contributed by atoms with E-state index >= 15 is 0 Å². The van der Waals surface area contributed by atoms with E-state index in [-0.39, 0.29) is 11.7 Å². The van der Waals surface area contributed by atoms with Crippen LogP contribution in [0.2, 0.25) is 0 Å². The Morgan fingerprint density at radius 1 is 1.00 bits per heavy atom. The minimum Gasteiger partial charge on any atom is -0.378 e. The van der Waals surface area contributed by atoms with Gasteiger partial charge in [0.05, 0.1) is 18.3 Å². The molecule has 1 N–H and O–H groups in total. The molecule has 3 aromatic rings. The van der Waals surface area contributed by atoms with Crippen LogP contribution in [0.3, 0.4) is 0 Å². The van der Waals surface area contributed by atoms with E-state index in [1.54, 1.807) is 29.4 Å². The standard InChI is InChI=1S/C24H19FN4O/c25-18-10-8-16(9-11-18)21-20-22(28-14-13-27-21)24(30)29(19-6-2-1-3-7-19)23(20)17-5-4-12-26-15-17/h1-12,15,23,28H,13-14H2. The predicted molar refractivity (Wildman–Crippen MR) is 114 cm³/mol. The first kappa shape index (κ1) is 18.2. The zero-order valence-electron chi connectivity index (χ0n) is 16.1. The first-order valence-electron chi connectivity index (χ1n) is 9.81. The summed E-state index contributed by atoms with van der Waals surface area (Å²) in [4.78, 5) is 24.4. The molecule has 5 nitrogen and oxygen atoms in total. The van der Waals surface area contributed by atoms with E-state index in [0.29, 0.717) is 24.5 Å². The summed E-state index contributed by atoms with van der Waals surface area (Å²) in [5, 5.41) is 3.28. The number of carbonyl (C=O) groups is 1. The van der Waals surface area contributed by atoms with E-state index in [2.05, 4.69) is 10.3 Å². The summed E-state index contributed by atoms with van der Waals surface area (Å²) < 4.78 is 13.6. The lowest BCUT2D eigenvalue weighted by atomic mass is 9.92. The van der Waals surface area contributed by atoms with Crippen molar-refractivity contribution in [2.45, 2.75) is 6.04 Å². The summed E-state index contributed by atoms with van der Waals surface area (Å²) >= 11 is 0. The molecule has 2 aromatic carbocycles. The Balaban J connectivity index is 1.72. The Morgan fingerprint density at radius 2 is 1.80 bits per heavy atom. The number of carbonyl (C=O) groups excluding carboxylic acids is 1. The van der Waals surface area contributed by atoms with Crippen LogP contribution in [0.1, 0.15) is 17.2 Å². The van der Waals surface area contributed by atoms with Gasteiger partial charge in [0.1, 0.15) is 11.5 Å². The molecule has 0 aliphatic carbocycles. The lowest BCUT2D eigenvalue weighted by Gasteiger charge is -2.28. The molecule has 3 heterocycles. The van der Waals surface area contributed by atoms with Crippen molar-refractivity contribution in [3.63, 3.8) is 0 Å². The molecule has 6 heteroatoms. The van der Waals surface area contributed by atoms with Crippen molar-refractivity contribution in [3.05, 3.63) is 107 Å². The second-order valence-electron chi connectivity index (χ2n) is 7.15. The van der Waals surface area contributed by atoms with Crippen LogP contribution in [0.25, 0.3) is 0 Å². The topological polar surface area (TPSA) is 57.6 Å². The molecule has 2 aliphatic rings. The third-order valence-electron chi connectivity index (χ3n) is 5.32. The number of para-hydroxylation sites is 1. The van der Waals surface area contributed by atoms with Crippen molar-refractivity contribution < 1.29 is 9.18 Å². The molecule has 1 unspecified atom stereocenters. The van der Waals surface area contributed by atoms with Crippen LogP contribution in [0.15, 0.2) is 95.4 Å².